The summed E-state index contributed by atoms with van der Waals surface area (Å²) in [5.41, 5.74) is -0.348. The molecule has 0 saturated heterocycles. The van der Waals surface area contributed by atoms with Crippen LogP contribution in [0.4, 0.5) is 0 Å². The van der Waals surface area contributed by atoms with Gasteiger partial charge in [0.15, 0.2) is 0 Å². The Morgan fingerprint density at radius 3 is 2.12 bits per heavy atom. The maximum absolute atomic E-state index is 11.2. The first-order valence-corrected chi connectivity index (χ1v) is 4.07. The molecule has 0 atom stereocenters. The fourth-order valence-electron chi connectivity index (χ4n) is 0.755. The van der Waals surface area contributed by atoms with Gasteiger partial charge in [0, 0.05) is 6.08 Å². The van der Waals surface area contributed by atoms with Crippen molar-refractivity contribution in [3.8, 4) is 0 Å². The summed E-state index contributed by atoms with van der Waals surface area (Å²) in [6, 6.07) is 0. The van der Waals surface area contributed by atoms with Gasteiger partial charge < -0.3 is 14.6 Å². The maximum Gasteiger partial charge on any atom is 0.339 e. The lowest BCUT2D eigenvalue weighted by Crippen LogP contribution is -2.11. The first kappa shape index (κ1) is 13.6. The van der Waals surface area contributed by atoms with Crippen LogP contribution in [-0.2, 0) is 23.9 Å². The molecule has 0 saturated carbocycles. The Balaban J connectivity index is 4.83. The number of aliphatic carboxylic acids is 1. The molecule has 0 aliphatic rings. The van der Waals surface area contributed by atoms with E-state index in [0.29, 0.717) is 0 Å². The van der Waals surface area contributed by atoms with E-state index in [1.54, 1.807) is 0 Å². The zero-order valence-corrected chi connectivity index (χ0v) is 8.34. The first-order chi connectivity index (χ1) is 7.51. The summed E-state index contributed by atoms with van der Waals surface area (Å²) in [5.74, 6) is -3.16. The Hall–Kier alpha value is -2.37. The number of rotatable bonds is 6. The SMILES string of the molecule is C=COC(=O)/C=C(/CC(=O)O)C(=O)OC=C. The van der Waals surface area contributed by atoms with E-state index in [4.69, 9.17) is 5.11 Å². The summed E-state index contributed by atoms with van der Waals surface area (Å²) in [4.78, 5) is 32.5. The van der Waals surface area contributed by atoms with Crippen LogP contribution in [0.5, 0.6) is 0 Å². The molecule has 0 heterocycles. The minimum Gasteiger partial charge on any atom is -0.481 e. The molecule has 0 aromatic carbocycles. The molecule has 6 heteroatoms. The highest BCUT2D eigenvalue weighted by molar-refractivity contribution is 5.99. The number of esters is 2. The summed E-state index contributed by atoms with van der Waals surface area (Å²) in [7, 11) is 0. The molecule has 6 nitrogen and oxygen atoms in total. The average molecular weight is 226 g/mol. The number of carbonyl (C=O) groups is 3. The van der Waals surface area contributed by atoms with Gasteiger partial charge in [-0.05, 0) is 0 Å². The van der Waals surface area contributed by atoms with Gasteiger partial charge in [0.1, 0.15) is 0 Å². The van der Waals surface area contributed by atoms with Crippen LogP contribution in [0.25, 0.3) is 0 Å². The number of carboxylic acid groups (broad SMARTS) is 1. The average Bonchev–Trinajstić information content (AvgIpc) is 2.16. The van der Waals surface area contributed by atoms with Crippen molar-refractivity contribution in [1.29, 1.82) is 0 Å². The number of carbonyl (C=O) groups excluding carboxylic acids is 2. The fraction of sp³-hybridized carbons (Fsp3) is 0.100. The van der Waals surface area contributed by atoms with Crippen LogP contribution in [0, 0.1) is 0 Å². The van der Waals surface area contributed by atoms with E-state index >= 15 is 0 Å². The third-order valence-corrected chi connectivity index (χ3v) is 1.29. The summed E-state index contributed by atoms with van der Waals surface area (Å²) in [5, 5.41) is 8.50. The highest BCUT2D eigenvalue weighted by Gasteiger charge is 2.16. The summed E-state index contributed by atoms with van der Waals surface area (Å²) < 4.78 is 8.65. The van der Waals surface area contributed by atoms with Crippen molar-refractivity contribution >= 4 is 17.9 Å². The molecule has 0 aliphatic heterocycles. The smallest absolute Gasteiger partial charge is 0.339 e. The molecule has 1 N–H and O–H groups in total. The van der Waals surface area contributed by atoms with E-state index in [-0.39, 0.29) is 5.57 Å². The predicted molar refractivity (Wildman–Crippen MR) is 52.9 cm³/mol. The highest BCUT2D eigenvalue weighted by atomic mass is 16.5. The third kappa shape index (κ3) is 5.38. The van der Waals surface area contributed by atoms with Gasteiger partial charge in [-0.1, -0.05) is 13.2 Å². The molecule has 0 spiro atoms. The van der Waals surface area contributed by atoms with Crippen molar-refractivity contribution < 1.29 is 29.0 Å². The minimum absolute atomic E-state index is 0.348. The van der Waals surface area contributed by atoms with Gasteiger partial charge in [0.05, 0.1) is 24.5 Å². The largest absolute Gasteiger partial charge is 0.481 e. The lowest BCUT2D eigenvalue weighted by atomic mass is 10.2. The fourth-order valence-corrected chi connectivity index (χ4v) is 0.755. The molecule has 0 aromatic rings. The van der Waals surface area contributed by atoms with Gasteiger partial charge in [-0.25, -0.2) is 9.59 Å². The Morgan fingerprint density at radius 2 is 1.69 bits per heavy atom. The Kier molecular flexibility index (Phi) is 5.96. The number of hydrogen-bond acceptors (Lipinski definition) is 5. The monoisotopic (exact) mass is 226 g/mol. The second-order valence-electron chi connectivity index (χ2n) is 2.42. The van der Waals surface area contributed by atoms with Crippen LogP contribution >= 0.6 is 0 Å². The van der Waals surface area contributed by atoms with E-state index in [1.807, 2.05) is 0 Å². The number of hydrogen-bond donors (Lipinski definition) is 1. The third-order valence-electron chi connectivity index (χ3n) is 1.29. The molecule has 16 heavy (non-hydrogen) atoms. The van der Waals surface area contributed by atoms with Crippen LogP contribution in [0.1, 0.15) is 6.42 Å². The van der Waals surface area contributed by atoms with Crippen LogP contribution in [0.2, 0.25) is 0 Å². The van der Waals surface area contributed by atoms with Crippen LogP contribution in [0.15, 0.2) is 37.3 Å². The molecule has 0 unspecified atom stereocenters. The molecule has 0 bridgehead atoms. The minimum atomic E-state index is -1.28. The molecule has 0 radical (unpaired) electrons. The van der Waals surface area contributed by atoms with E-state index in [9.17, 15) is 14.4 Å². The highest BCUT2D eigenvalue weighted by Crippen LogP contribution is 2.05. The lowest BCUT2D eigenvalue weighted by Gasteiger charge is -2.01. The normalized spacial score (nSPS) is 10.1. The summed E-state index contributed by atoms with van der Waals surface area (Å²) >= 11 is 0. The van der Waals surface area contributed by atoms with Gasteiger partial charge in [0.2, 0.25) is 0 Å². The van der Waals surface area contributed by atoms with Crippen molar-refractivity contribution in [2.75, 3.05) is 0 Å². The molecular formula is C10H10O6. The zero-order chi connectivity index (χ0) is 12.6. The molecular weight excluding hydrogens is 216 g/mol. The van der Waals surface area contributed by atoms with Crippen LogP contribution in [-0.4, -0.2) is 23.0 Å². The van der Waals surface area contributed by atoms with Gasteiger partial charge in [0.25, 0.3) is 0 Å². The quantitative estimate of drug-likeness (QED) is 0.408. The van der Waals surface area contributed by atoms with Crippen LogP contribution < -0.4 is 0 Å². The van der Waals surface area contributed by atoms with Crippen LogP contribution in [0.3, 0.4) is 0 Å². The van der Waals surface area contributed by atoms with Crippen molar-refractivity contribution in [3.05, 3.63) is 37.3 Å². The topological polar surface area (TPSA) is 89.9 Å². The van der Waals surface area contributed by atoms with E-state index < -0.39 is 24.3 Å². The molecule has 0 fully saturated rings. The van der Waals surface area contributed by atoms with Gasteiger partial charge in [-0.2, -0.15) is 0 Å². The summed E-state index contributed by atoms with van der Waals surface area (Å²) in [6.45, 7) is 6.26. The summed E-state index contributed by atoms with van der Waals surface area (Å²) in [6.07, 6.45) is 1.76. The second kappa shape index (κ2) is 6.99. The Labute approximate surface area is 91.5 Å². The molecule has 0 rings (SSSR count). The lowest BCUT2D eigenvalue weighted by molar-refractivity contribution is -0.140. The van der Waals surface area contributed by atoms with E-state index in [0.717, 1.165) is 18.6 Å². The molecule has 0 amide bonds. The van der Waals surface area contributed by atoms with Crippen molar-refractivity contribution in [1.82, 2.24) is 0 Å². The second-order valence-corrected chi connectivity index (χ2v) is 2.42. The maximum atomic E-state index is 11.2. The predicted octanol–water partition coefficient (Wildman–Crippen LogP) is 0.761. The molecule has 0 aromatic heterocycles. The zero-order valence-electron chi connectivity index (χ0n) is 8.34. The van der Waals surface area contributed by atoms with Gasteiger partial charge >= 0.3 is 17.9 Å². The van der Waals surface area contributed by atoms with Crippen molar-refractivity contribution in [3.63, 3.8) is 0 Å². The molecule has 86 valence electrons. The Bertz CT molecular complexity index is 352. The van der Waals surface area contributed by atoms with E-state index in [1.165, 1.54) is 0 Å². The Morgan fingerprint density at radius 1 is 1.12 bits per heavy atom. The number of carboxylic acids is 1. The van der Waals surface area contributed by atoms with Crippen molar-refractivity contribution in [2.24, 2.45) is 0 Å². The van der Waals surface area contributed by atoms with E-state index in [2.05, 4.69) is 22.6 Å². The van der Waals surface area contributed by atoms with Gasteiger partial charge in [-0.3, -0.25) is 4.79 Å². The van der Waals surface area contributed by atoms with Crippen molar-refractivity contribution in [2.45, 2.75) is 6.42 Å². The van der Waals surface area contributed by atoms with Gasteiger partial charge in [-0.15, -0.1) is 0 Å². The standard InChI is InChI=1S/C10H10O6/c1-3-15-9(13)6-7(5-8(11)12)10(14)16-4-2/h3-4,6H,1-2,5H2,(H,11,12)/b7-6-. The number of ether oxygens (including phenoxy) is 2. The first-order valence-electron chi connectivity index (χ1n) is 4.07. The molecule has 0 aliphatic carbocycles.